The predicted molar refractivity (Wildman–Crippen MR) is 119 cm³/mol. The summed E-state index contributed by atoms with van der Waals surface area (Å²) in [5.74, 6) is 1.52. The molecule has 2 nitrogen and oxygen atoms in total. The van der Waals surface area contributed by atoms with Crippen molar-refractivity contribution in [3.8, 4) is 0 Å². The lowest BCUT2D eigenvalue weighted by atomic mass is 9.60. The fourth-order valence-corrected chi connectivity index (χ4v) is 5.85. The molecule has 0 radical (unpaired) electrons. The molecule has 2 aliphatic carbocycles. The summed E-state index contributed by atoms with van der Waals surface area (Å²) >= 11 is 0. The number of rotatable bonds is 5. The number of benzene rings is 1. The van der Waals surface area contributed by atoms with Crippen molar-refractivity contribution >= 4 is 6.29 Å². The normalized spacial score (nSPS) is 24.6. The maximum Gasteiger partial charge on any atom is 0.185 e. The number of aryl methyl sites for hydroxylation is 1. The first-order chi connectivity index (χ1) is 13.7. The van der Waals surface area contributed by atoms with E-state index in [0.29, 0.717) is 5.76 Å². The molecule has 4 rings (SSSR count). The van der Waals surface area contributed by atoms with E-state index in [0.717, 1.165) is 37.7 Å². The molecule has 2 aromatic rings. The highest BCUT2D eigenvalue weighted by atomic mass is 16.3. The van der Waals surface area contributed by atoms with Crippen LogP contribution >= 0.6 is 0 Å². The Balaban J connectivity index is 1.91. The Morgan fingerprint density at radius 2 is 1.69 bits per heavy atom. The number of unbranched alkanes of at least 4 members (excludes halogenated alkanes) is 1. The van der Waals surface area contributed by atoms with Crippen LogP contribution in [0.3, 0.4) is 0 Å². The quantitative estimate of drug-likeness (QED) is 0.501. The van der Waals surface area contributed by atoms with Crippen LogP contribution in [0.2, 0.25) is 0 Å². The Hall–Kier alpha value is -1.83. The van der Waals surface area contributed by atoms with Crippen molar-refractivity contribution < 1.29 is 9.21 Å². The fourth-order valence-electron chi connectivity index (χ4n) is 5.85. The van der Waals surface area contributed by atoms with Crippen molar-refractivity contribution in [1.29, 1.82) is 0 Å². The number of aldehydes is 1. The van der Waals surface area contributed by atoms with Gasteiger partial charge in [0.05, 0.1) is 0 Å². The minimum atomic E-state index is -0.0267. The van der Waals surface area contributed by atoms with Crippen molar-refractivity contribution in [2.24, 2.45) is 0 Å². The Bertz CT molecular complexity index is 915. The zero-order chi connectivity index (χ0) is 20.9. The van der Waals surface area contributed by atoms with Gasteiger partial charge in [0.2, 0.25) is 0 Å². The molecule has 0 aliphatic heterocycles. The van der Waals surface area contributed by atoms with E-state index >= 15 is 0 Å². The lowest BCUT2D eigenvalue weighted by Gasteiger charge is -2.44. The zero-order valence-corrected chi connectivity index (χ0v) is 18.9. The minimum absolute atomic E-state index is 0.0267. The Morgan fingerprint density at radius 1 is 0.966 bits per heavy atom. The van der Waals surface area contributed by atoms with E-state index in [1.165, 1.54) is 47.9 Å². The molecule has 0 amide bonds. The first-order valence-electron chi connectivity index (χ1n) is 11.5. The lowest BCUT2D eigenvalue weighted by Crippen LogP contribution is -2.36. The summed E-state index contributed by atoms with van der Waals surface area (Å²) in [7, 11) is 0. The van der Waals surface area contributed by atoms with E-state index in [2.05, 4.69) is 52.8 Å². The van der Waals surface area contributed by atoms with E-state index in [1.54, 1.807) is 0 Å². The van der Waals surface area contributed by atoms with Gasteiger partial charge >= 0.3 is 0 Å². The van der Waals surface area contributed by atoms with E-state index in [-0.39, 0.29) is 16.2 Å². The molecular formula is C27H36O2. The van der Waals surface area contributed by atoms with Crippen molar-refractivity contribution in [2.45, 2.75) is 102 Å². The van der Waals surface area contributed by atoms with Crippen LogP contribution in [0.15, 0.2) is 28.7 Å². The predicted octanol–water partition coefficient (Wildman–Crippen LogP) is 7.25. The molecule has 1 atom stereocenters. The molecule has 29 heavy (non-hydrogen) atoms. The number of hydrogen-bond acceptors (Lipinski definition) is 2. The fraction of sp³-hybridized carbons (Fsp3) is 0.593. The third-order valence-electron chi connectivity index (χ3n) is 7.83. The summed E-state index contributed by atoms with van der Waals surface area (Å²) in [6.07, 6.45) is 10.0. The minimum Gasteiger partial charge on any atom is -0.458 e. The largest absolute Gasteiger partial charge is 0.458 e. The monoisotopic (exact) mass is 392 g/mol. The lowest BCUT2D eigenvalue weighted by molar-refractivity contribution is 0.109. The summed E-state index contributed by atoms with van der Waals surface area (Å²) in [6.45, 7) is 11.8. The van der Waals surface area contributed by atoms with Gasteiger partial charge in [0, 0.05) is 17.4 Å². The average molecular weight is 393 g/mol. The zero-order valence-electron chi connectivity index (χ0n) is 18.9. The highest BCUT2D eigenvalue weighted by molar-refractivity contribution is 5.72. The third-order valence-corrected chi connectivity index (χ3v) is 7.83. The van der Waals surface area contributed by atoms with Gasteiger partial charge in [-0.25, -0.2) is 0 Å². The molecule has 2 aliphatic rings. The number of carbonyl (C=O) groups is 1. The van der Waals surface area contributed by atoms with Crippen molar-refractivity contribution in [3.63, 3.8) is 0 Å². The molecule has 0 spiro atoms. The van der Waals surface area contributed by atoms with Gasteiger partial charge in [-0.3, -0.25) is 4.79 Å². The van der Waals surface area contributed by atoms with Gasteiger partial charge in [-0.05, 0) is 65.7 Å². The van der Waals surface area contributed by atoms with Crippen LogP contribution in [0.4, 0.5) is 0 Å². The van der Waals surface area contributed by atoms with Crippen LogP contribution in [0.25, 0.3) is 0 Å². The number of carbonyl (C=O) groups excluding carboxylic acids is 1. The topological polar surface area (TPSA) is 30.2 Å². The van der Waals surface area contributed by atoms with Crippen LogP contribution in [0.1, 0.15) is 118 Å². The molecule has 0 saturated heterocycles. The van der Waals surface area contributed by atoms with Gasteiger partial charge in [0.25, 0.3) is 0 Å². The Morgan fingerprint density at radius 3 is 2.38 bits per heavy atom. The van der Waals surface area contributed by atoms with Crippen LogP contribution in [0, 0.1) is 0 Å². The molecule has 1 heterocycles. The summed E-state index contributed by atoms with van der Waals surface area (Å²) < 4.78 is 5.93. The van der Waals surface area contributed by atoms with Crippen LogP contribution < -0.4 is 0 Å². The standard InChI is InChI=1S/C27H36O2/c1-6-7-12-27(13-8-9-24-23(27)17-20(18-28)29-24)19-10-11-21-22(16-19)26(4,5)15-14-25(21,2)3/h10-11,16-18H,6-9,12-15H2,1-5H3. The Kier molecular flexibility index (Phi) is 5.04. The SMILES string of the molecule is CCCCC1(c2ccc3c(c2)C(C)(C)CCC3(C)C)CCCc2oc(C=O)cc21. The molecule has 1 aromatic carbocycles. The van der Waals surface area contributed by atoms with Gasteiger partial charge in [0.1, 0.15) is 5.76 Å². The molecule has 156 valence electrons. The van der Waals surface area contributed by atoms with E-state index in [1.807, 2.05) is 6.07 Å². The number of furan rings is 1. The molecule has 1 aromatic heterocycles. The first-order valence-corrected chi connectivity index (χ1v) is 11.5. The smallest absolute Gasteiger partial charge is 0.185 e. The molecule has 0 bridgehead atoms. The summed E-state index contributed by atoms with van der Waals surface area (Å²) in [5, 5.41) is 0. The van der Waals surface area contributed by atoms with Crippen LogP contribution in [-0.2, 0) is 22.7 Å². The number of fused-ring (bicyclic) bond motifs is 2. The second-order valence-corrected chi connectivity index (χ2v) is 10.7. The van der Waals surface area contributed by atoms with E-state index < -0.39 is 0 Å². The maximum atomic E-state index is 11.4. The summed E-state index contributed by atoms with van der Waals surface area (Å²) in [5.41, 5.74) is 6.14. The van der Waals surface area contributed by atoms with Gasteiger partial charge in [-0.1, -0.05) is 65.7 Å². The third kappa shape index (κ3) is 3.29. The van der Waals surface area contributed by atoms with Gasteiger partial charge in [-0.15, -0.1) is 0 Å². The van der Waals surface area contributed by atoms with Crippen LogP contribution in [0.5, 0.6) is 0 Å². The second-order valence-electron chi connectivity index (χ2n) is 10.7. The highest BCUT2D eigenvalue weighted by Gasteiger charge is 2.43. The molecule has 0 fully saturated rings. The highest BCUT2D eigenvalue weighted by Crippen LogP contribution is 2.51. The van der Waals surface area contributed by atoms with E-state index in [4.69, 9.17) is 4.42 Å². The van der Waals surface area contributed by atoms with Crippen molar-refractivity contribution in [2.75, 3.05) is 0 Å². The molecule has 2 heteroatoms. The van der Waals surface area contributed by atoms with Crippen LogP contribution in [-0.4, -0.2) is 6.29 Å². The van der Waals surface area contributed by atoms with E-state index in [9.17, 15) is 4.79 Å². The molecule has 0 saturated carbocycles. The summed E-state index contributed by atoms with van der Waals surface area (Å²) in [6, 6.07) is 9.36. The molecule has 1 unspecified atom stereocenters. The Labute approximate surface area is 176 Å². The average Bonchev–Trinajstić information content (AvgIpc) is 3.14. The van der Waals surface area contributed by atoms with Crippen molar-refractivity contribution in [3.05, 3.63) is 58.0 Å². The maximum absolute atomic E-state index is 11.4. The molecule has 0 N–H and O–H groups in total. The van der Waals surface area contributed by atoms with Crippen molar-refractivity contribution in [1.82, 2.24) is 0 Å². The summed E-state index contributed by atoms with van der Waals surface area (Å²) in [4.78, 5) is 11.4. The molecular weight excluding hydrogens is 356 g/mol. The van der Waals surface area contributed by atoms with Gasteiger partial charge < -0.3 is 4.42 Å². The second kappa shape index (κ2) is 7.15. The first kappa shape index (κ1) is 20.4. The number of hydrogen-bond donors (Lipinski definition) is 0. The van der Waals surface area contributed by atoms with Gasteiger partial charge in [-0.2, -0.15) is 0 Å². The van der Waals surface area contributed by atoms with Gasteiger partial charge in [0.15, 0.2) is 12.0 Å².